The van der Waals surface area contributed by atoms with Crippen LogP contribution in [0.5, 0.6) is 0 Å². The number of hydrogen-bond acceptors (Lipinski definition) is 2. The molecule has 0 saturated carbocycles. The molecule has 0 aromatic carbocycles. The van der Waals surface area contributed by atoms with Crippen LogP contribution in [0.2, 0.25) is 0 Å². The molecular formula is C15H23BrN2. The second kappa shape index (κ2) is 5.60. The Balaban J connectivity index is 2.05. The maximum atomic E-state index is 4.27. The molecule has 1 aliphatic heterocycles. The Labute approximate surface area is 119 Å². The fourth-order valence-electron chi connectivity index (χ4n) is 2.79. The van der Waals surface area contributed by atoms with Crippen LogP contribution in [-0.4, -0.2) is 18.1 Å². The highest BCUT2D eigenvalue weighted by Crippen LogP contribution is 2.35. The van der Waals surface area contributed by atoms with Crippen molar-refractivity contribution >= 4 is 21.6 Å². The highest BCUT2D eigenvalue weighted by Gasteiger charge is 2.27. The van der Waals surface area contributed by atoms with E-state index >= 15 is 0 Å². The summed E-state index contributed by atoms with van der Waals surface area (Å²) in [5.41, 5.74) is 1.69. The van der Waals surface area contributed by atoms with Crippen molar-refractivity contribution in [2.24, 2.45) is 11.3 Å². The zero-order chi connectivity index (χ0) is 13.2. The molecular weight excluding hydrogens is 288 g/mol. The summed E-state index contributed by atoms with van der Waals surface area (Å²) in [6, 6.07) is 2.17. The highest BCUT2D eigenvalue weighted by atomic mass is 79.9. The molecule has 0 radical (unpaired) electrons. The predicted octanol–water partition coefficient (Wildman–Crippen LogP) is 4.50. The Morgan fingerprint density at radius 1 is 1.22 bits per heavy atom. The van der Waals surface area contributed by atoms with Crippen LogP contribution < -0.4 is 4.90 Å². The quantitative estimate of drug-likeness (QED) is 0.759. The van der Waals surface area contributed by atoms with Crippen molar-refractivity contribution in [2.45, 2.75) is 40.0 Å². The van der Waals surface area contributed by atoms with Gasteiger partial charge in [-0.05, 0) is 52.6 Å². The fraction of sp³-hybridized carbons (Fsp3) is 0.667. The number of halogens is 1. The molecule has 100 valence electrons. The van der Waals surface area contributed by atoms with E-state index in [2.05, 4.69) is 52.7 Å². The van der Waals surface area contributed by atoms with E-state index in [0.29, 0.717) is 5.41 Å². The Kier molecular flexibility index (Phi) is 4.31. The number of anilines is 1. The Morgan fingerprint density at radius 2 is 2.00 bits per heavy atom. The van der Waals surface area contributed by atoms with Crippen LogP contribution in [0.4, 0.5) is 5.69 Å². The molecule has 0 N–H and O–H groups in total. The normalized spacial score (nSPS) is 21.8. The summed E-state index contributed by atoms with van der Waals surface area (Å²) >= 11 is 3.50. The number of rotatable bonds is 1. The monoisotopic (exact) mass is 310 g/mol. The zero-order valence-electron chi connectivity index (χ0n) is 11.6. The third kappa shape index (κ3) is 3.47. The molecule has 2 rings (SSSR count). The van der Waals surface area contributed by atoms with E-state index in [1.807, 2.05) is 12.4 Å². The average Bonchev–Trinajstić information content (AvgIpc) is 2.53. The van der Waals surface area contributed by atoms with Crippen molar-refractivity contribution in [3.63, 3.8) is 0 Å². The minimum absolute atomic E-state index is 0.436. The lowest BCUT2D eigenvalue weighted by molar-refractivity contribution is 0.220. The summed E-state index contributed by atoms with van der Waals surface area (Å²) in [6.07, 6.45) is 7.74. The first kappa shape index (κ1) is 13.9. The number of nitrogens with zero attached hydrogens (tertiary/aromatic N) is 2. The van der Waals surface area contributed by atoms with E-state index < -0.39 is 0 Å². The molecule has 0 amide bonds. The van der Waals surface area contributed by atoms with Gasteiger partial charge in [0.2, 0.25) is 0 Å². The van der Waals surface area contributed by atoms with Crippen molar-refractivity contribution in [2.75, 3.05) is 18.0 Å². The van der Waals surface area contributed by atoms with E-state index in [1.54, 1.807) is 0 Å². The van der Waals surface area contributed by atoms with Gasteiger partial charge in [0, 0.05) is 23.8 Å². The summed E-state index contributed by atoms with van der Waals surface area (Å²) in [7, 11) is 0. The summed E-state index contributed by atoms with van der Waals surface area (Å²) in [5.74, 6) is 0.836. The van der Waals surface area contributed by atoms with Crippen LogP contribution in [0.1, 0.15) is 40.0 Å². The molecule has 3 heteroatoms. The molecule has 0 spiro atoms. The first-order valence-electron chi connectivity index (χ1n) is 6.82. The molecule has 18 heavy (non-hydrogen) atoms. The Hall–Kier alpha value is -0.570. The van der Waals surface area contributed by atoms with Gasteiger partial charge in [-0.15, -0.1) is 0 Å². The van der Waals surface area contributed by atoms with Gasteiger partial charge < -0.3 is 4.90 Å². The van der Waals surface area contributed by atoms with Crippen molar-refractivity contribution in [1.29, 1.82) is 0 Å². The predicted molar refractivity (Wildman–Crippen MR) is 80.9 cm³/mol. The molecule has 1 fully saturated rings. The largest absolute Gasteiger partial charge is 0.370 e. The molecule has 0 aliphatic carbocycles. The van der Waals surface area contributed by atoms with E-state index in [0.717, 1.165) is 23.5 Å². The van der Waals surface area contributed by atoms with Gasteiger partial charge in [0.1, 0.15) is 0 Å². The Bertz CT molecular complexity index is 398. The lowest BCUT2D eigenvalue weighted by atomic mass is 9.77. The van der Waals surface area contributed by atoms with E-state index in [9.17, 15) is 0 Å². The second-order valence-corrected chi connectivity index (χ2v) is 7.26. The van der Waals surface area contributed by atoms with Gasteiger partial charge in [-0.25, -0.2) is 0 Å². The van der Waals surface area contributed by atoms with Crippen LogP contribution in [-0.2, 0) is 0 Å². The topological polar surface area (TPSA) is 16.1 Å². The van der Waals surface area contributed by atoms with Crippen molar-refractivity contribution < 1.29 is 0 Å². The van der Waals surface area contributed by atoms with Gasteiger partial charge in [0.05, 0.1) is 11.9 Å². The molecule has 1 unspecified atom stereocenters. The lowest BCUT2D eigenvalue weighted by Gasteiger charge is -2.30. The molecule has 2 heterocycles. The minimum atomic E-state index is 0.436. The lowest BCUT2D eigenvalue weighted by Crippen LogP contribution is -2.26. The summed E-state index contributed by atoms with van der Waals surface area (Å²) in [6.45, 7) is 9.42. The SMILES string of the molecule is CC(C)(C)C1CCCN(c2cncc(Br)c2)CC1. The summed E-state index contributed by atoms with van der Waals surface area (Å²) in [5, 5.41) is 0. The van der Waals surface area contributed by atoms with Gasteiger partial charge in [-0.3, -0.25) is 4.98 Å². The summed E-state index contributed by atoms with van der Waals surface area (Å²) < 4.78 is 1.07. The van der Waals surface area contributed by atoms with E-state index in [4.69, 9.17) is 0 Å². The van der Waals surface area contributed by atoms with Gasteiger partial charge in [0.25, 0.3) is 0 Å². The van der Waals surface area contributed by atoms with E-state index in [1.165, 1.54) is 24.9 Å². The van der Waals surface area contributed by atoms with Crippen LogP contribution in [0, 0.1) is 11.3 Å². The van der Waals surface area contributed by atoms with Crippen molar-refractivity contribution in [3.8, 4) is 0 Å². The first-order valence-corrected chi connectivity index (χ1v) is 7.61. The number of aromatic nitrogens is 1. The van der Waals surface area contributed by atoms with Gasteiger partial charge in [0.15, 0.2) is 0 Å². The van der Waals surface area contributed by atoms with Crippen molar-refractivity contribution in [1.82, 2.24) is 4.98 Å². The molecule has 1 aromatic rings. The standard InChI is InChI=1S/C15H23BrN2/c1-15(2,3)12-5-4-7-18(8-6-12)14-9-13(16)10-17-11-14/h9-12H,4-8H2,1-3H3. The van der Waals surface area contributed by atoms with Gasteiger partial charge >= 0.3 is 0 Å². The third-order valence-electron chi connectivity index (χ3n) is 4.01. The highest BCUT2D eigenvalue weighted by molar-refractivity contribution is 9.10. The number of hydrogen-bond donors (Lipinski definition) is 0. The van der Waals surface area contributed by atoms with E-state index in [-0.39, 0.29) is 0 Å². The maximum Gasteiger partial charge on any atom is 0.0564 e. The van der Waals surface area contributed by atoms with Crippen LogP contribution in [0.25, 0.3) is 0 Å². The number of pyridine rings is 1. The minimum Gasteiger partial charge on any atom is -0.370 e. The average molecular weight is 311 g/mol. The van der Waals surface area contributed by atoms with Crippen LogP contribution in [0.3, 0.4) is 0 Å². The van der Waals surface area contributed by atoms with Gasteiger partial charge in [-0.1, -0.05) is 20.8 Å². The van der Waals surface area contributed by atoms with Gasteiger partial charge in [-0.2, -0.15) is 0 Å². The van der Waals surface area contributed by atoms with Crippen LogP contribution in [0.15, 0.2) is 22.9 Å². The molecule has 1 aromatic heterocycles. The fourth-order valence-corrected chi connectivity index (χ4v) is 3.15. The first-order chi connectivity index (χ1) is 8.47. The van der Waals surface area contributed by atoms with Crippen molar-refractivity contribution in [3.05, 3.63) is 22.9 Å². The zero-order valence-corrected chi connectivity index (χ0v) is 13.2. The molecule has 0 bridgehead atoms. The second-order valence-electron chi connectivity index (χ2n) is 6.34. The molecule has 1 aliphatic rings. The molecule has 1 saturated heterocycles. The van der Waals surface area contributed by atoms with Crippen LogP contribution >= 0.6 is 15.9 Å². The molecule has 2 nitrogen and oxygen atoms in total. The molecule has 1 atom stereocenters. The summed E-state index contributed by atoms with van der Waals surface area (Å²) in [4.78, 5) is 6.74. The Morgan fingerprint density at radius 3 is 2.67 bits per heavy atom. The third-order valence-corrected chi connectivity index (χ3v) is 4.44. The maximum absolute atomic E-state index is 4.27. The smallest absolute Gasteiger partial charge is 0.0564 e.